The van der Waals surface area contributed by atoms with Crippen LogP contribution in [0.3, 0.4) is 0 Å². The van der Waals surface area contributed by atoms with E-state index < -0.39 is 5.82 Å². The Bertz CT molecular complexity index is 1060. The van der Waals surface area contributed by atoms with E-state index in [-0.39, 0.29) is 0 Å². The van der Waals surface area contributed by atoms with Gasteiger partial charge in [0.2, 0.25) is 0 Å². The van der Waals surface area contributed by atoms with Gasteiger partial charge in [0.1, 0.15) is 12.1 Å². The van der Waals surface area contributed by atoms with Crippen molar-refractivity contribution in [3.8, 4) is 22.4 Å². The van der Waals surface area contributed by atoms with E-state index in [1.807, 2.05) is 6.07 Å². The van der Waals surface area contributed by atoms with Crippen molar-refractivity contribution in [2.75, 3.05) is 0 Å². The average molecular weight is 359 g/mol. The number of hydrogen-bond acceptors (Lipinski definition) is 3. The third-order valence-corrected chi connectivity index (χ3v) is 4.19. The van der Waals surface area contributed by atoms with E-state index in [9.17, 15) is 4.39 Å². The van der Waals surface area contributed by atoms with Crippen molar-refractivity contribution in [2.24, 2.45) is 0 Å². The molecule has 0 amide bonds. The van der Waals surface area contributed by atoms with Crippen molar-refractivity contribution in [1.29, 1.82) is 0 Å². The zero-order valence-corrected chi connectivity index (χ0v) is 13.6. The number of benzene rings is 1. The van der Waals surface area contributed by atoms with Crippen molar-refractivity contribution < 1.29 is 4.39 Å². The highest BCUT2D eigenvalue weighted by atomic mass is 35.5. The molecule has 0 spiro atoms. The molecule has 0 aliphatic rings. The van der Waals surface area contributed by atoms with E-state index in [2.05, 4.69) is 15.1 Å². The molecule has 0 unspecified atom stereocenters. The summed E-state index contributed by atoms with van der Waals surface area (Å²) in [6.45, 7) is 0. The highest BCUT2D eigenvalue weighted by Gasteiger charge is 2.16. The van der Waals surface area contributed by atoms with Gasteiger partial charge in [-0.25, -0.2) is 13.9 Å². The van der Waals surface area contributed by atoms with Gasteiger partial charge in [-0.1, -0.05) is 29.3 Å². The average Bonchev–Trinajstić information content (AvgIpc) is 3.03. The minimum absolute atomic E-state index is 0.313. The Hall–Kier alpha value is -2.50. The highest BCUT2D eigenvalue weighted by Crippen LogP contribution is 2.36. The largest absolute Gasteiger partial charge is 0.255 e. The fraction of sp³-hybridized carbons (Fsp3) is 0. The summed E-state index contributed by atoms with van der Waals surface area (Å²) < 4.78 is 15.9. The molecule has 3 heterocycles. The summed E-state index contributed by atoms with van der Waals surface area (Å²) in [6.07, 6.45) is 4.78. The van der Waals surface area contributed by atoms with Gasteiger partial charge in [-0.2, -0.15) is 5.10 Å². The third-order valence-electron chi connectivity index (χ3n) is 3.65. The molecule has 0 radical (unpaired) electrons. The molecule has 1 aromatic carbocycles. The van der Waals surface area contributed by atoms with Gasteiger partial charge in [-0.15, -0.1) is 0 Å². The Morgan fingerprint density at radius 1 is 0.958 bits per heavy atom. The lowest BCUT2D eigenvalue weighted by Crippen LogP contribution is -1.95. The summed E-state index contributed by atoms with van der Waals surface area (Å²) >= 11 is 12.4. The summed E-state index contributed by atoms with van der Waals surface area (Å²) in [5.74, 6) is -0.405. The normalized spacial score (nSPS) is 11.1. The van der Waals surface area contributed by atoms with Gasteiger partial charge < -0.3 is 0 Å². The Kier molecular flexibility index (Phi) is 3.67. The van der Waals surface area contributed by atoms with Gasteiger partial charge >= 0.3 is 0 Å². The number of pyridine rings is 2. The minimum atomic E-state index is -0.405. The Morgan fingerprint density at radius 2 is 1.83 bits per heavy atom. The van der Waals surface area contributed by atoms with Crippen LogP contribution in [0.2, 0.25) is 10.0 Å². The van der Waals surface area contributed by atoms with Gasteiger partial charge in [0.25, 0.3) is 0 Å². The smallest absolute Gasteiger partial charge is 0.156 e. The molecule has 4 aromatic rings. The van der Waals surface area contributed by atoms with Crippen molar-refractivity contribution in [2.45, 2.75) is 0 Å². The lowest BCUT2D eigenvalue weighted by atomic mass is 10.00. The molecule has 7 heteroatoms. The van der Waals surface area contributed by atoms with E-state index in [1.54, 1.807) is 35.1 Å². The van der Waals surface area contributed by atoms with Crippen LogP contribution in [0.15, 0.2) is 55.1 Å². The summed E-state index contributed by atoms with van der Waals surface area (Å²) in [6, 6.07) is 9.66. The van der Waals surface area contributed by atoms with Gasteiger partial charge in [0, 0.05) is 40.2 Å². The van der Waals surface area contributed by atoms with Crippen molar-refractivity contribution in [3.63, 3.8) is 0 Å². The van der Waals surface area contributed by atoms with Gasteiger partial charge in [-0.05, 0) is 24.3 Å². The lowest BCUT2D eigenvalue weighted by molar-refractivity contribution is 0.631. The van der Waals surface area contributed by atoms with Crippen LogP contribution in [0.4, 0.5) is 4.39 Å². The number of halogens is 3. The topological polar surface area (TPSA) is 43.1 Å². The molecule has 0 aliphatic heterocycles. The maximum atomic E-state index is 14.3. The first-order valence-corrected chi connectivity index (χ1v) is 7.79. The van der Waals surface area contributed by atoms with Gasteiger partial charge in [-0.3, -0.25) is 4.98 Å². The second kappa shape index (κ2) is 5.85. The zero-order chi connectivity index (χ0) is 16.7. The SMILES string of the molecule is Fc1ccc(Cl)cc1-c1ncccc1-c1cn2ncnc2cc1Cl. The van der Waals surface area contributed by atoms with Gasteiger partial charge in [0.05, 0.1) is 10.7 Å². The molecular weight excluding hydrogens is 350 g/mol. The summed E-state index contributed by atoms with van der Waals surface area (Å²) in [5.41, 5.74) is 2.76. The Labute approximate surface area is 146 Å². The predicted octanol–water partition coefficient (Wildman–Crippen LogP) is 4.90. The third kappa shape index (κ3) is 2.52. The standard InChI is InChI=1S/C17H9Cl2FN4/c18-10-3-4-15(20)12(6-10)17-11(2-1-5-21-17)13-8-24-16(7-14(13)19)22-9-23-24/h1-9H. The second-order valence-electron chi connectivity index (χ2n) is 5.12. The fourth-order valence-corrected chi connectivity index (χ4v) is 2.97. The minimum Gasteiger partial charge on any atom is -0.255 e. The van der Waals surface area contributed by atoms with Crippen molar-refractivity contribution in [1.82, 2.24) is 19.6 Å². The molecule has 118 valence electrons. The number of aromatic nitrogens is 4. The molecule has 0 aliphatic carbocycles. The summed E-state index contributed by atoms with van der Waals surface area (Å²) in [4.78, 5) is 8.43. The summed E-state index contributed by atoms with van der Waals surface area (Å²) in [5, 5.41) is 5.02. The van der Waals surface area contributed by atoms with E-state index >= 15 is 0 Å². The molecule has 0 bridgehead atoms. The van der Waals surface area contributed by atoms with Crippen LogP contribution in [-0.4, -0.2) is 19.6 Å². The monoisotopic (exact) mass is 358 g/mol. The summed E-state index contributed by atoms with van der Waals surface area (Å²) in [7, 11) is 0. The molecule has 0 atom stereocenters. The molecule has 4 nitrogen and oxygen atoms in total. The molecule has 0 saturated carbocycles. The zero-order valence-electron chi connectivity index (χ0n) is 12.1. The number of hydrogen-bond donors (Lipinski definition) is 0. The van der Waals surface area contributed by atoms with Gasteiger partial charge in [0.15, 0.2) is 5.65 Å². The fourth-order valence-electron chi connectivity index (χ4n) is 2.55. The van der Waals surface area contributed by atoms with Crippen molar-refractivity contribution >= 4 is 28.8 Å². The van der Waals surface area contributed by atoms with Crippen LogP contribution in [0.1, 0.15) is 0 Å². The maximum absolute atomic E-state index is 14.3. The first kappa shape index (κ1) is 15.1. The highest BCUT2D eigenvalue weighted by molar-refractivity contribution is 6.33. The Balaban J connectivity index is 1.99. The lowest BCUT2D eigenvalue weighted by Gasteiger charge is -2.11. The molecule has 4 rings (SSSR count). The van der Waals surface area contributed by atoms with E-state index in [1.165, 1.54) is 18.5 Å². The molecule has 0 saturated heterocycles. The van der Waals surface area contributed by atoms with E-state index in [4.69, 9.17) is 23.2 Å². The number of fused-ring (bicyclic) bond motifs is 1. The molecule has 0 N–H and O–H groups in total. The van der Waals surface area contributed by atoms with E-state index in [0.29, 0.717) is 38.1 Å². The van der Waals surface area contributed by atoms with Crippen LogP contribution in [0.25, 0.3) is 28.0 Å². The van der Waals surface area contributed by atoms with Crippen LogP contribution in [0, 0.1) is 5.82 Å². The Morgan fingerprint density at radius 3 is 2.71 bits per heavy atom. The first-order chi connectivity index (χ1) is 11.6. The van der Waals surface area contributed by atoms with E-state index in [0.717, 1.165) is 0 Å². The molecular formula is C17H9Cl2FN4. The second-order valence-corrected chi connectivity index (χ2v) is 5.97. The van der Waals surface area contributed by atoms with Crippen LogP contribution in [0.5, 0.6) is 0 Å². The number of rotatable bonds is 2. The van der Waals surface area contributed by atoms with Crippen LogP contribution < -0.4 is 0 Å². The molecule has 24 heavy (non-hydrogen) atoms. The maximum Gasteiger partial charge on any atom is 0.156 e. The van der Waals surface area contributed by atoms with Crippen LogP contribution in [-0.2, 0) is 0 Å². The van der Waals surface area contributed by atoms with Crippen molar-refractivity contribution in [3.05, 3.63) is 71.0 Å². The molecule has 0 fully saturated rings. The quantitative estimate of drug-likeness (QED) is 0.511. The number of nitrogens with zero attached hydrogens (tertiary/aromatic N) is 4. The predicted molar refractivity (Wildman–Crippen MR) is 91.6 cm³/mol. The molecule has 3 aromatic heterocycles. The van der Waals surface area contributed by atoms with Crippen LogP contribution >= 0.6 is 23.2 Å². The first-order valence-electron chi connectivity index (χ1n) is 7.03.